The van der Waals surface area contributed by atoms with Crippen molar-refractivity contribution < 1.29 is 4.92 Å². The Bertz CT molecular complexity index is 623. The van der Waals surface area contributed by atoms with Gasteiger partial charge in [-0.05, 0) is 31.0 Å². The number of nitrogens with zero attached hydrogens (tertiary/aromatic N) is 1. The number of rotatable bonds is 2. The fourth-order valence-electron chi connectivity index (χ4n) is 1.86. The Morgan fingerprint density at radius 3 is 2.44 bits per heavy atom. The topological polar surface area (TPSA) is 43.1 Å². The lowest BCUT2D eigenvalue weighted by molar-refractivity contribution is -0.384. The highest BCUT2D eigenvalue weighted by atomic mass is 35.5. The predicted molar refractivity (Wildman–Crippen MR) is 73.0 cm³/mol. The molecule has 4 heteroatoms. The molecule has 0 radical (unpaired) electrons. The van der Waals surface area contributed by atoms with Crippen LogP contribution in [0.2, 0.25) is 5.02 Å². The van der Waals surface area contributed by atoms with Crippen molar-refractivity contribution in [3.63, 3.8) is 0 Å². The zero-order valence-corrected chi connectivity index (χ0v) is 10.9. The third-order valence-corrected chi connectivity index (χ3v) is 3.17. The van der Waals surface area contributed by atoms with Gasteiger partial charge in [-0.3, -0.25) is 10.1 Å². The summed E-state index contributed by atoms with van der Waals surface area (Å²) in [4.78, 5) is 10.4. The van der Waals surface area contributed by atoms with Crippen molar-refractivity contribution >= 4 is 17.3 Å². The fraction of sp³-hybridized carbons (Fsp3) is 0.143. The van der Waals surface area contributed by atoms with E-state index in [4.69, 9.17) is 11.6 Å². The molecule has 0 saturated heterocycles. The Balaban J connectivity index is 2.66. The highest BCUT2D eigenvalue weighted by molar-refractivity contribution is 6.33. The molecule has 0 bridgehead atoms. The first kappa shape index (κ1) is 12.6. The lowest BCUT2D eigenvalue weighted by Gasteiger charge is -2.09. The Labute approximate surface area is 110 Å². The molecule has 0 N–H and O–H groups in total. The summed E-state index contributed by atoms with van der Waals surface area (Å²) in [6, 6.07) is 10.5. The summed E-state index contributed by atoms with van der Waals surface area (Å²) in [5.41, 5.74) is 3.83. The van der Waals surface area contributed by atoms with Gasteiger partial charge in [0.1, 0.15) is 0 Å². The third kappa shape index (κ3) is 2.36. The second-order valence-corrected chi connectivity index (χ2v) is 4.65. The van der Waals surface area contributed by atoms with Crippen molar-refractivity contribution in [3.05, 3.63) is 62.7 Å². The molecule has 92 valence electrons. The van der Waals surface area contributed by atoms with Gasteiger partial charge in [0.15, 0.2) is 0 Å². The molecule has 0 atom stereocenters. The molecule has 18 heavy (non-hydrogen) atoms. The summed E-state index contributed by atoms with van der Waals surface area (Å²) in [5.74, 6) is 0. The highest BCUT2D eigenvalue weighted by Crippen LogP contribution is 2.33. The maximum atomic E-state index is 10.8. The van der Waals surface area contributed by atoms with Crippen molar-refractivity contribution in [3.8, 4) is 11.1 Å². The molecular formula is C14H12ClNO2. The highest BCUT2D eigenvalue weighted by Gasteiger charge is 2.12. The quantitative estimate of drug-likeness (QED) is 0.589. The number of non-ortho nitro benzene ring substituents is 1. The van der Waals surface area contributed by atoms with Gasteiger partial charge < -0.3 is 0 Å². The summed E-state index contributed by atoms with van der Waals surface area (Å²) in [5, 5.41) is 11.3. The average Bonchev–Trinajstić information content (AvgIpc) is 2.33. The first-order chi connectivity index (χ1) is 8.49. The molecule has 0 heterocycles. The van der Waals surface area contributed by atoms with Crippen molar-refractivity contribution in [1.82, 2.24) is 0 Å². The van der Waals surface area contributed by atoms with Crippen LogP contribution >= 0.6 is 11.6 Å². The largest absolute Gasteiger partial charge is 0.270 e. The van der Waals surface area contributed by atoms with Crippen LogP contribution in [-0.4, -0.2) is 4.92 Å². The van der Waals surface area contributed by atoms with Gasteiger partial charge in [-0.2, -0.15) is 0 Å². The molecule has 0 unspecified atom stereocenters. The normalized spacial score (nSPS) is 10.4. The molecule has 2 rings (SSSR count). The second kappa shape index (κ2) is 4.78. The molecule has 0 saturated carbocycles. The first-order valence-electron chi connectivity index (χ1n) is 5.50. The second-order valence-electron chi connectivity index (χ2n) is 4.24. The minimum Gasteiger partial charge on any atom is -0.258 e. The Morgan fingerprint density at radius 2 is 1.78 bits per heavy atom. The van der Waals surface area contributed by atoms with Crippen LogP contribution in [0.5, 0.6) is 0 Å². The molecule has 0 spiro atoms. The molecule has 2 aromatic rings. The van der Waals surface area contributed by atoms with Gasteiger partial charge in [0, 0.05) is 22.7 Å². The van der Waals surface area contributed by atoms with Gasteiger partial charge in [0.05, 0.1) is 4.92 Å². The van der Waals surface area contributed by atoms with Crippen LogP contribution in [-0.2, 0) is 0 Å². The number of halogens is 1. The van der Waals surface area contributed by atoms with Crippen LogP contribution in [0.3, 0.4) is 0 Å². The number of nitro benzene ring substituents is 1. The van der Waals surface area contributed by atoms with Crippen LogP contribution in [0.1, 0.15) is 11.1 Å². The van der Waals surface area contributed by atoms with Gasteiger partial charge in [-0.1, -0.05) is 35.4 Å². The van der Waals surface area contributed by atoms with E-state index >= 15 is 0 Å². The fourth-order valence-corrected chi connectivity index (χ4v) is 2.08. The number of hydrogen-bond acceptors (Lipinski definition) is 2. The van der Waals surface area contributed by atoms with Crippen LogP contribution in [0, 0.1) is 24.0 Å². The van der Waals surface area contributed by atoms with Gasteiger partial charge >= 0.3 is 0 Å². The predicted octanol–water partition coefficient (Wildman–Crippen LogP) is 4.53. The average molecular weight is 262 g/mol. The number of hydrogen-bond donors (Lipinski definition) is 0. The summed E-state index contributed by atoms with van der Waals surface area (Å²) < 4.78 is 0. The minimum absolute atomic E-state index is 0.0512. The maximum absolute atomic E-state index is 10.8. The zero-order valence-electron chi connectivity index (χ0n) is 10.1. The third-order valence-electron chi connectivity index (χ3n) is 2.84. The van der Waals surface area contributed by atoms with E-state index in [1.165, 1.54) is 12.1 Å². The lowest BCUT2D eigenvalue weighted by atomic mass is 9.98. The van der Waals surface area contributed by atoms with E-state index in [-0.39, 0.29) is 5.69 Å². The standard InChI is InChI=1S/C14H12ClNO2/c1-9-3-4-10(2)12(7-9)13-8-11(16(17)18)5-6-14(13)15/h3-8H,1-2H3. The molecule has 3 nitrogen and oxygen atoms in total. The van der Waals surface area contributed by atoms with Gasteiger partial charge in [0.25, 0.3) is 5.69 Å². The lowest BCUT2D eigenvalue weighted by Crippen LogP contribution is -1.91. The number of benzene rings is 2. The van der Waals surface area contributed by atoms with E-state index < -0.39 is 4.92 Å². The van der Waals surface area contributed by atoms with Crippen LogP contribution in [0.15, 0.2) is 36.4 Å². The number of aryl methyl sites for hydroxylation is 2. The van der Waals surface area contributed by atoms with Crippen LogP contribution in [0.25, 0.3) is 11.1 Å². The van der Waals surface area contributed by atoms with E-state index in [1.54, 1.807) is 6.07 Å². The SMILES string of the molecule is Cc1ccc(C)c(-c2cc([N+](=O)[O-])ccc2Cl)c1. The Hall–Kier alpha value is -1.87. The molecule has 0 fully saturated rings. The van der Waals surface area contributed by atoms with E-state index in [1.807, 2.05) is 32.0 Å². The smallest absolute Gasteiger partial charge is 0.258 e. The van der Waals surface area contributed by atoms with Gasteiger partial charge in [0.2, 0.25) is 0 Å². The van der Waals surface area contributed by atoms with Gasteiger partial charge in [-0.15, -0.1) is 0 Å². The summed E-state index contributed by atoms with van der Waals surface area (Å²) >= 11 is 6.14. The van der Waals surface area contributed by atoms with Crippen molar-refractivity contribution in [2.75, 3.05) is 0 Å². The molecule has 0 aliphatic rings. The van der Waals surface area contributed by atoms with Gasteiger partial charge in [-0.25, -0.2) is 0 Å². The zero-order chi connectivity index (χ0) is 13.3. The van der Waals surface area contributed by atoms with E-state index in [9.17, 15) is 10.1 Å². The van der Waals surface area contributed by atoms with E-state index in [0.29, 0.717) is 10.6 Å². The Kier molecular flexibility index (Phi) is 3.34. The van der Waals surface area contributed by atoms with Crippen molar-refractivity contribution in [1.29, 1.82) is 0 Å². The van der Waals surface area contributed by atoms with Crippen molar-refractivity contribution in [2.45, 2.75) is 13.8 Å². The summed E-state index contributed by atoms with van der Waals surface area (Å²) in [6.07, 6.45) is 0. The summed E-state index contributed by atoms with van der Waals surface area (Å²) in [7, 11) is 0. The first-order valence-corrected chi connectivity index (χ1v) is 5.88. The Morgan fingerprint density at radius 1 is 1.06 bits per heavy atom. The van der Waals surface area contributed by atoms with E-state index in [2.05, 4.69) is 0 Å². The molecule has 0 amide bonds. The van der Waals surface area contributed by atoms with Crippen LogP contribution in [0.4, 0.5) is 5.69 Å². The van der Waals surface area contributed by atoms with E-state index in [0.717, 1.165) is 16.7 Å². The van der Waals surface area contributed by atoms with Crippen LogP contribution < -0.4 is 0 Å². The summed E-state index contributed by atoms with van der Waals surface area (Å²) in [6.45, 7) is 3.94. The molecule has 0 aromatic heterocycles. The molecule has 0 aliphatic carbocycles. The monoisotopic (exact) mass is 261 g/mol. The maximum Gasteiger partial charge on any atom is 0.270 e. The molecular weight excluding hydrogens is 250 g/mol. The molecule has 0 aliphatic heterocycles. The minimum atomic E-state index is -0.412. The number of nitro groups is 1. The molecule has 2 aromatic carbocycles. The van der Waals surface area contributed by atoms with Crippen molar-refractivity contribution in [2.24, 2.45) is 0 Å².